The highest BCUT2D eigenvalue weighted by Gasteiger charge is 2.29. The largest absolute Gasteiger partial charge is 0.281 e. The van der Waals surface area contributed by atoms with Crippen molar-refractivity contribution in [3.8, 4) is 0 Å². The van der Waals surface area contributed by atoms with E-state index in [4.69, 9.17) is 0 Å². The van der Waals surface area contributed by atoms with E-state index < -0.39 is 10.0 Å². The number of hydrogen-bond donors (Lipinski definition) is 1. The molecular formula is C11H19N3O2S2. The molecule has 1 N–H and O–H groups in total. The van der Waals surface area contributed by atoms with Gasteiger partial charge in [0.2, 0.25) is 10.0 Å². The van der Waals surface area contributed by atoms with E-state index in [9.17, 15) is 8.42 Å². The van der Waals surface area contributed by atoms with Gasteiger partial charge in [0.05, 0.1) is 11.9 Å². The van der Waals surface area contributed by atoms with Crippen LogP contribution < -0.4 is 0 Å². The average Bonchev–Trinajstić information content (AvgIpc) is 2.65. The van der Waals surface area contributed by atoms with Crippen molar-refractivity contribution in [1.29, 1.82) is 0 Å². The van der Waals surface area contributed by atoms with Crippen molar-refractivity contribution in [3.05, 3.63) is 11.9 Å². The minimum atomic E-state index is -3.37. The van der Waals surface area contributed by atoms with Gasteiger partial charge < -0.3 is 0 Å². The van der Waals surface area contributed by atoms with Crippen LogP contribution in [0.15, 0.2) is 11.1 Å². The van der Waals surface area contributed by atoms with Gasteiger partial charge in [-0.2, -0.15) is 21.2 Å². The fourth-order valence-corrected chi connectivity index (χ4v) is 4.61. The number of nitrogens with zero attached hydrogens (tertiary/aromatic N) is 2. The minimum absolute atomic E-state index is 0.310. The van der Waals surface area contributed by atoms with E-state index in [0.29, 0.717) is 28.9 Å². The number of aromatic nitrogens is 2. The maximum absolute atomic E-state index is 12.5. The number of rotatable bonds is 3. The summed E-state index contributed by atoms with van der Waals surface area (Å²) in [6, 6.07) is 0. The van der Waals surface area contributed by atoms with E-state index in [2.05, 4.69) is 16.5 Å². The Kier molecular flexibility index (Phi) is 4.34. The predicted octanol–water partition coefficient (Wildman–Crippen LogP) is 1.62. The van der Waals surface area contributed by atoms with Crippen LogP contribution in [0, 0.1) is 6.92 Å². The summed E-state index contributed by atoms with van der Waals surface area (Å²) in [7, 11) is -3.37. The minimum Gasteiger partial charge on any atom is -0.281 e. The maximum atomic E-state index is 12.5. The Morgan fingerprint density at radius 3 is 2.83 bits per heavy atom. The molecule has 7 heteroatoms. The van der Waals surface area contributed by atoms with Crippen molar-refractivity contribution in [3.63, 3.8) is 0 Å². The van der Waals surface area contributed by atoms with Crippen LogP contribution in [0.1, 0.15) is 25.0 Å². The first kappa shape index (κ1) is 13.9. The molecule has 1 fully saturated rings. The Morgan fingerprint density at radius 2 is 2.22 bits per heavy atom. The second kappa shape index (κ2) is 5.63. The average molecular weight is 289 g/mol. The first-order valence-corrected chi connectivity index (χ1v) is 8.81. The van der Waals surface area contributed by atoms with E-state index in [1.54, 1.807) is 11.2 Å². The van der Waals surface area contributed by atoms with Gasteiger partial charge in [0.25, 0.3) is 0 Å². The molecule has 18 heavy (non-hydrogen) atoms. The first-order chi connectivity index (χ1) is 8.55. The van der Waals surface area contributed by atoms with Crippen molar-refractivity contribution in [1.82, 2.24) is 14.5 Å². The van der Waals surface area contributed by atoms with E-state index >= 15 is 0 Å². The number of aromatic amines is 1. The lowest BCUT2D eigenvalue weighted by Gasteiger charge is -2.19. The van der Waals surface area contributed by atoms with Crippen LogP contribution in [0.5, 0.6) is 0 Å². The highest BCUT2D eigenvalue weighted by Crippen LogP contribution is 2.25. The van der Waals surface area contributed by atoms with E-state index in [1.807, 2.05) is 11.8 Å². The van der Waals surface area contributed by atoms with Crippen LogP contribution >= 0.6 is 11.8 Å². The fraction of sp³-hybridized carbons (Fsp3) is 0.727. The van der Waals surface area contributed by atoms with Crippen molar-refractivity contribution < 1.29 is 8.42 Å². The summed E-state index contributed by atoms with van der Waals surface area (Å²) in [6.45, 7) is 2.96. The zero-order valence-corrected chi connectivity index (χ0v) is 12.4. The molecule has 0 aliphatic carbocycles. The molecule has 1 aromatic rings. The van der Waals surface area contributed by atoms with Crippen molar-refractivity contribution in [2.45, 2.75) is 36.3 Å². The molecule has 1 aliphatic heterocycles. The molecule has 0 saturated carbocycles. The summed E-state index contributed by atoms with van der Waals surface area (Å²) < 4.78 is 26.6. The second-order valence-corrected chi connectivity index (χ2v) is 7.60. The summed E-state index contributed by atoms with van der Waals surface area (Å²) in [6.07, 6.45) is 6.45. The molecule has 0 amide bonds. The Labute approximate surface area is 112 Å². The van der Waals surface area contributed by atoms with Gasteiger partial charge in [0.1, 0.15) is 4.90 Å². The zero-order chi connectivity index (χ0) is 13.2. The molecule has 2 heterocycles. The Bertz CT molecular complexity index is 498. The lowest BCUT2D eigenvalue weighted by molar-refractivity contribution is 0.424. The Hall–Kier alpha value is -0.530. The summed E-state index contributed by atoms with van der Waals surface area (Å²) in [5, 5.41) is 7.07. The summed E-state index contributed by atoms with van der Waals surface area (Å²) in [5.41, 5.74) is 0.612. The third-order valence-electron chi connectivity index (χ3n) is 3.37. The van der Waals surface area contributed by atoms with Gasteiger partial charge in [0.15, 0.2) is 0 Å². The molecule has 0 spiro atoms. The predicted molar refractivity (Wildman–Crippen MR) is 73.2 cm³/mol. The van der Waals surface area contributed by atoms with Crippen LogP contribution in [0.4, 0.5) is 0 Å². The molecular weight excluding hydrogens is 270 g/mol. The highest BCUT2D eigenvalue weighted by molar-refractivity contribution is 7.99. The lowest BCUT2D eigenvalue weighted by atomic mass is 10.2. The lowest BCUT2D eigenvalue weighted by Crippen LogP contribution is -2.32. The van der Waals surface area contributed by atoms with Crippen molar-refractivity contribution in [2.75, 3.05) is 19.3 Å². The third kappa shape index (κ3) is 2.73. The monoisotopic (exact) mass is 289 g/mol. The number of thioether (sulfide) groups is 1. The van der Waals surface area contributed by atoms with Gasteiger partial charge in [-0.05, 0) is 32.4 Å². The SMILES string of the molecule is CSC1CCCN(S(=O)(=O)c2cn[nH]c2C)CC1. The normalized spacial score (nSPS) is 22.9. The van der Waals surface area contributed by atoms with Crippen LogP contribution in [-0.4, -0.2) is 47.5 Å². The third-order valence-corrected chi connectivity index (χ3v) is 6.52. The van der Waals surface area contributed by atoms with Crippen LogP contribution in [-0.2, 0) is 10.0 Å². The molecule has 0 radical (unpaired) electrons. The van der Waals surface area contributed by atoms with Crippen molar-refractivity contribution in [2.24, 2.45) is 0 Å². The van der Waals surface area contributed by atoms with Crippen LogP contribution in [0.2, 0.25) is 0 Å². The van der Waals surface area contributed by atoms with Gasteiger partial charge in [-0.3, -0.25) is 5.10 Å². The number of aryl methyl sites for hydroxylation is 1. The van der Waals surface area contributed by atoms with Gasteiger partial charge in [-0.1, -0.05) is 0 Å². The van der Waals surface area contributed by atoms with Crippen molar-refractivity contribution >= 4 is 21.8 Å². The molecule has 2 rings (SSSR count). The van der Waals surface area contributed by atoms with E-state index in [-0.39, 0.29) is 0 Å². The molecule has 5 nitrogen and oxygen atoms in total. The standard InChI is InChI=1S/C11H19N3O2S2/c1-9-11(8-12-13-9)18(15,16)14-6-3-4-10(17-2)5-7-14/h8,10H,3-7H2,1-2H3,(H,12,13). The fourth-order valence-electron chi connectivity index (χ4n) is 2.25. The Balaban J connectivity index is 2.18. The second-order valence-electron chi connectivity index (χ2n) is 4.55. The molecule has 102 valence electrons. The maximum Gasteiger partial charge on any atom is 0.246 e. The highest BCUT2D eigenvalue weighted by atomic mass is 32.2. The zero-order valence-electron chi connectivity index (χ0n) is 10.7. The molecule has 1 saturated heterocycles. The number of hydrogen-bond acceptors (Lipinski definition) is 4. The molecule has 1 unspecified atom stereocenters. The molecule has 0 aromatic carbocycles. The van der Waals surface area contributed by atoms with Gasteiger partial charge >= 0.3 is 0 Å². The van der Waals surface area contributed by atoms with E-state index in [0.717, 1.165) is 19.3 Å². The van der Waals surface area contributed by atoms with E-state index in [1.165, 1.54) is 6.20 Å². The molecule has 1 atom stereocenters. The van der Waals surface area contributed by atoms with Gasteiger partial charge in [0, 0.05) is 18.3 Å². The molecule has 1 aliphatic rings. The van der Waals surface area contributed by atoms with Gasteiger partial charge in [-0.25, -0.2) is 8.42 Å². The first-order valence-electron chi connectivity index (χ1n) is 6.08. The smallest absolute Gasteiger partial charge is 0.246 e. The number of nitrogens with one attached hydrogen (secondary N) is 1. The summed E-state index contributed by atoms with van der Waals surface area (Å²) in [5.74, 6) is 0. The quantitative estimate of drug-likeness (QED) is 0.918. The Morgan fingerprint density at radius 1 is 1.44 bits per heavy atom. The number of H-pyrrole nitrogens is 1. The molecule has 0 bridgehead atoms. The van der Waals surface area contributed by atoms with Crippen LogP contribution in [0.25, 0.3) is 0 Å². The topological polar surface area (TPSA) is 66.1 Å². The van der Waals surface area contributed by atoms with Gasteiger partial charge in [-0.15, -0.1) is 0 Å². The number of sulfonamides is 1. The van der Waals surface area contributed by atoms with Crippen LogP contribution in [0.3, 0.4) is 0 Å². The molecule has 1 aromatic heterocycles. The summed E-state index contributed by atoms with van der Waals surface area (Å²) >= 11 is 1.83. The summed E-state index contributed by atoms with van der Waals surface area (Å²) in [4.78, 5) is 0.310.